The molecule has 1 aliphatic heterocycles. The lowest BCUT2D eigenvalue weighted by molar-refractivity contribution is -0.124. The van der Waals surface area contributed by atoms with Gasteiger partial charge in [-0.25, -0.2) is 0 Å². The first-order valence-electron chi connectivity index (χ1n) is 7.52. The smallest absolute Gasteiger partial charge is 0.228 e. The van der Waals surface area contributed by atoms with Gasteiger partial charge in [-0.3, -0.25) is 4.79 Å². The molecule has 1 fully saturated rings. The van der Waals surface area contributed by atoms with Gasteiger partial charge in [0.1, 0.15) is 0 Å². The van der Waals surface area contributed by atoms with Gasteiger partial charge in [0.05, 0.1) is 12.5 Å². The monoisotopic (exact) mass is 301 g/mol. The lowest BCUT2D eigenvalue weighted by Gasteiger charge is -2.07. The molecule has 6 heteroatoms. The molecular weight excluding hydrogens is 282 g/mol. The molecule has 0 radical (unpaired) electrons. The predicted molar refractivity (Wildman–Crippen MR) is 79.2 cm³/mol. The van der Waals surface area contributed by atoms with Crippen LogP contribution in [0.4, 0.5) is 0 Å². The van der Waals surface area contributed by atoms with Crippen molar-refractivity contribution in [3.63, 3.8) is 0 Å². The van der Waals surface area contributed by atoms with E-state index in [4.69, 9.17) is 9.26 Å². The number of nitrogens with one attached hydrogen (secondary N) is 1. The molecule has 2 heterocycles. The molecular formula is C16H19N3O3. The van der Waals surface area contributed by atoms with E-state index in [0.717, 1.165) is 12.0 Å². The topological polar surface area (TPSA) is 77.3 Å². The summed E-state index contributed by atoms with van der Waals surface area (Å²) in [6.45, 7) is 1.69. The summed E-state index contributed by atoms with van der Waals surface area (Å²) in [7, 11) is 0. The molecule has 1 saturated heterocycles. The first-order chi connectivity index (χ1) is 10.8. The highest BCUT2D eigenvalue weighted by atomic mass is 16.5. The standard InChI is InChI=1S/C16H19N3O3/c20-16(13-7-9-21-11-13)17-8-6-15-18-14(19-22-15)10-12-4-2-1-3-5-12/h1-5,13H,6-11H2,(H,17,20). The van der Waals surface area contributed by atoms with Crippen LogP contribution in [-0.4, -0.2) is 35.8 Å². The van der Waals surface area contributed by atoms with Crippen LogP contribution in [-0.2, 0) is 22.4 Å². The summed E-state index contributed by atoms with van der Waals surface area (Å²) >= 11 is 0. The van der Waals surface area contributed by atoms with E-state index in [9.17, 15) is 4.79 Å². The van der Waals surface area contributed by atoms with Crippen LogP contribution in [0.1, 0.15) is 23.7 Å². The Labute approximate surface area is 128 Å². The molecule has 22 heavy (non-hydrogen) atoms. The number of nitrogens with zero attached hydrogens (tertiary/aromatic N) is 2. The van der Waals surface area contributed by atoms with Crippen molar-refractivity contribution in [1.29, 1.82) is 0 Å². The molecule has 1 N–H and O–H groups in total. The van der Waals surface area contributed by atoms with Gasteiger partial charge >= 0.3 is 0 Å². The zero-order chi connectivity index (χ0) is 15.2. The second kappa shape index (κ2) is 7.17. The summed E-state index contributed by atoms with van der Waals surface area (Å²) in [4.78, 5) is 16.2. The third-order valence-corrected chi connectivity index (χ3v) is 3.65. The van der Waals surface area contributed by atoms with Crippen molar-refractivity contribution in [3.05, 3.63) is 47.6 Å². The van der Waals surface area contributed by atoms with E-state index in [1.807, 2.05) is 30.3 Å². The SMILES string of the molecule is O=C(NCCc1nc(Cc2ccccc2)no1)C1CCOC1. The van der Waals surface area contributed by atoms with Crippen molar-refractivity contribution in [3.8, 4) is 0 Å². The van der Waals surface area contributed by atoms with Gasteiger partial charge in [0.2, 0.25) is 11.8 Å². The van der Waals surface area contributed by atoms with E-state index in [0.29, 0.717) is 44.3 Å². The molecule has 1 atom stereocenters. The molecule has 3 rings (SSSR count). The molecule has 1 aliphatic rings. The van der Waals surface area contributed by atoms with Crippen LogP contribution >= 0.6 is 0 Å². The number of carbonyl (C=O) groups is 1. The fourth-order valence-corrected chi connectivity index (χ4v) is 2.42. The van der Waals surface area contributed by atoms with Crippen molar-refractivity contribution in [2.24, 2.45) is 5.92 Å². The molecule has 116 valence electrons. The van der Waals surface area contributed by atoms with Gasteiger partial charge in [-0.15, -0.1) is 0 Å². The minimum absolute atomic E-state index is 0.0173. The van der Waals surface area contributed by atoms with E-state index in [1.165, 1.54) is 0 Å². The van der Waals surface area contributed by atoms with Gasteiger partial charge < -0.3 is 14.6 Å². The molecule has 1 aromatic heterocycles. The number of aromatic nitrogens is 2. The van der Waals surface area contributed by atoms with E-state index in [-0.39, 0.29) is 11.8 Å². The molecule has 0 aliphatic carbocycles. The van der Waals surface area contributed by atoms with Crippen LogP contribution in [0.3, 0.4) is 0 Å². The Morgan fingerprint density at radius 2 is 2.18 bits per heavy atom. The maximum Gasteiger partial charge on any atom is 0.228 e. The summed E-state index contributed by atoms with van der Waals surface area (Å²) in [6, 6.07) is 10.0. The van der Waals surface area contributed by atoms with Crippen LogP contribution in [0.5, 0.6) is 0 Å². The maximum absolute atomic E-state index is 11.8. The van der Waals surface area contributed by atoms with Crippen LogP contribution in [0, 0.1) is 5.92 Å². The van der Waals surface area contributed by atoms with Gasteiger partial charge in [0.25, 0.3) is 0 Å². The van der Waals surface area contributed by atoms with E-state index >= 15 is 0 Å². The summed E-state index contributed by atoms with van der Waals surface area (Å²) in [5, 5.41) is 6.85. The highest BCUT2D eigenvalue weighted by molar-refractivity contribution is 5.78. The van der Waals surface area contributed by atoms with Crippen molar-refractivity contribution in [1.82, 2.24) is 15.5 Å². The van der Waals surface area contributed by atoms with Gasteiger partial charge in [0, 0.05) is 26.0 Å². The minimum atomic E-state index is -0.0173. The zero-order valence-electron chi connectivity index (χ0n) is 12.3. The first-order valence-corrected chi connectivity index (χ1v) is 7.52. The van der Waals surface area contributed by atoms with Gasteiger partial charge in [-0.1, -0.05) is 35.5 Å². The van der Waals surface area contributed by atoms with Crippen LogP contribution < -0.4 is 5.32 Å². The fourth-order valence-electron chi connectivity index (χ4n) is 2.42. The van der Waals surface area contributed by atoms with Gasteiger partial charge in [-0.2, -0.15) is 4.98 Å². The summed E-state index contributed by atoms with van der Waals surface area (Å²) < 4.78 is 10.4. The minimum Gasteiger partial charge on any atom is -0.381 e. The van der Waals surface area contributed by atoms with Crippen molar-refractivity contribution >= 4 is 5.91 Å². The third-order valence-electron chi connectivity index (χ3n) is 3.65. The van der Waals surface area contributed by atoms with Crippen LogP contribution in [0.15, 0.2) is 34.9 Å². The Morgan fingerprint density at radius 1 is 1.32 bits per heavy atom. The molecule has 2 aromatic rings. The Bertz CT molecular complexity index is 606. The van der Waals surface area contributed by atoms with Gasteiger partial charge in [0.15, 0.2) is 5.82 Å². The summed E-state index contributed by atoms with van der Waals surface area (Å²) in [5.74, 6) is 1.24. The lowest BCUT2D eigenvalue weighted by Crippen LogP contribution is -2.32. The number of amides is 1. The highest BCUT2D eigenvalue weighted by Crippen LogP contribution is 2.12. The number of hydrogen-bond donors (Lipinski definition) is 1. The van der Waals surface area contributed by atoms with Crippen LogP contribution in [0.25, 0.3) is 0 Å². The molecule has 1 amide bonds. The van der Waals surface area contributed by atoms with Crippen LogP contribution in [0.2, 0.25) is 0 Å². The first kappa shape index (κ1) is 14.7. The second-order valence-electron chi connectivity index (χ2n) is 5.37. The number of carbonyl (C=O) groups excluding carboxylic acids is 1. The molecule has 1 unspecified atom stereocenters. The average molecular weight is 301 g/mol. The molecule has 0 spiro atoms. The third kappa shape index (κ3) is 3.92. The average Bonchev–Trinajstić information content (AvgIpc) is 3.20. The molecule has 0 saturated carbocycles. The molecule has 0 bridgehead atoms. The van der Waals surface area contributed by atoms with Crippen molar-refractivity contribution in [2.75, 3.05) is 19.8 Å². The second-order valence-corrected chi connectivity index (χ2v) is 5.37. The summed E-state index contributed by atoms with van der Waals surface area (Å²) in [5.41, 5.74) is 1.14. The zero-order valence-corrected chi connectivity index (χ0v) is 12.3. The molecule has 6 nitrogen and oxygen atoms in total. The lowest BCUT2D eigenvalue weighted by atomic mass is 10.1. The number of rotatable bonds is 6. The van der Waals surface area contributed by atoms with E-state index in [1.54, 1.807) is 0 Å². The van der Waals surface area contributed by atoms with E-state index in [2.05, 4.69) is 15.5 Å². The van der Waals surface area contributed by atoms with E-state index < -0.39 is 0 Å². The quantitative estimate of drug-likeness (QED) is 0.871. The highest BCUT2D eigenvalue weighted by Gasteiger charge is 2.23. The largest absolute Gasteiger partial charge is 0.381 e. The Morgan fingerprint density at radius 3 is 2.95 bits per heavy atom. The Kier molecular flexibility index (Phi) is 4.80. The molecule has 1 aromatic carbocycles. The number of hydrogen-bond acceptors (Lipinski definition) is 5. The number of benzene rings is 1. The Hall–Kier alpha value is -2.21. The maximum atomic E-state index is 11.8. The normalized spacial score (nSPS) is 17.5. The van der Waals surface area contributed by atoms with Crippen molar-refractivity contribution < 1.29 is 14.1 Å². The Balaban J connectivity index is 1.44. The van der Waals surface area contributed by atoms with Crippen molar-refractivity contribution in [2.45, 2.75) is 19.3 Å². The summed E-state index contributed by atoms with van der Waals surface area (Å²) in [6.07, 6.45) is 1.99. The number of ether oxygens (including phenoxy) is 1. The fraction of sp³-hybridized carbons (Fsp3) is 0.438. The predicted octanol–water partition coefficient (Wildman–Crippen LogP) is 1.36. The van der Waals surface area contributed by atoms with Gasteiger partial charge in [-0.05, 0) is 12.0 Å².